The van der Waals surface area contributed by atoms with E-state index in [4.69, 9.17) is 9.15 Å². The van der Waals surface area contributed by atoms with Crippen LogP contribution >= 0.6 is 15.9 Å². The predicted molar refractivity (Wildman–Crippen MR) is 96.5 cm³/mol. The van der Waals surface area contributed by atoms with E-state index in [1.54, 1.807) is 16.9 Å². The van der Waals surface area contributed by atoms with E-state index in [2.05, 4.69) is 31.2 Å². The molecule has 1 N–H and O–H groups in total. The Morgan fingerprint density at radius 3 is 2.92 bits per heavy atom. The highest BCUT2D eigenvalue weighted by atomic mass is 79.9. The van der Waals surface area contributed by atoms with Gasteiger partial charge < -0.3 is 14.5 Å². The number of aromatic nitrogens is 2. The highest BCUT2D eigenvalue weighted by Gasteiger charge is 2.16. The fourth-order valence-corrected chi connectivity index (χ4v) is 3.07. The normalized spacial score (nSPS) is 16.7. The zero-order valence-corrected chi connectivity index (χ0v) is 15.9. The lowest BCUT2D eigenvalue weighted by molar-refractivity contribution is 0.0362. The third kappa shape index (κ3) is 5.42. The van der Waals surface area contributed by atoms with Gasteiger partial charge in [-0.15, -0.1) is 0 Å². The highest BCUT2D eigenvalue weighted by Crippen LogP contribution is 2.12. The summed E-state index contributed by atoms with van der Waals surface area (Å²) < 4.78 is 13.6. The molecule has 1 aliphatic heterocycles. The number of ether oxygens (including phenoxy) is 1. The first-order valence-corrected chi connectivity index (χ1v) is 9.27. The molecular formula is C17H23BrN4O3. The lowest BCUT2D eigenvalue weighted by Crippen LogP contribution is -2.40. The van der Waals surface area contributed by atoms with Crippen LogP contribution in [-0.4, -0.2) is 59.5 Å². The van der Waals surface area contributed by atoms with Gasteiger partial charge in [0.15, 0.2) is 5.76 Å². The standard InChI is InChI=1S/C17H23BrN4O3/c1-13(4-5-21-6-8-24-9-7-21)20-17(23)16-3-2-15(25-16)12-22-11-14(18)10-19-22/h2-3,10-11,13H,4-9,12H2,1H3,(H,20,23). The third-order valence-corrected chi connectivity index (χ3v) is 4.57. The number of nitrogens with one attached hydrogen (secondary N) is 1. The van der Waals surface area contributed by atoms with Crippen LogP contribution in [0, 0.1) is 0 Å². The van der Waals surface area contributed by atoms with Crippen LogP contribution in [0.25, 0.3) is 0 Å². The molecule has 1 atom stereocenters. The highest BCUT2D eigenvalue weighted by molar-refractivity contribution is 9.10. The molecule has 0 radical (unpaired) electrons. The minimum Gasteiger partial charge on any atom is -0.454 e. The maximum Gasteiger partial charge on any atom is 0.287 e. The van der Waals surface area contributed by atoms with Gasteiger partial charge in [-0.2, -0.15) is 5.10 Å². The number of amides is 1. The van der Waals surface area contributed by atoms with Gasteiger partial charge in [0.1, 0.15) is 5.76 Å². The van der Waals surface area contributed by atoms with Crippen LogP contribution < -0.4 is 5.32 Å². The smallest absolute Gasteiger partial charge is 0.287 e. The van der Waals surface area contributed by atoms with E-state index in [1.165, 1.54) is 0 Å². The number of rotatable bonds is 7. The second-order valence-electron chi connectivity index (χ2n) is 6.24. The Hall–Kier alpha value is -1.64. The summed E-state index contributed by atoms with van der Waals surface area (Å²) in [7, 11) is 0. The molecule has 1 fully saturated rings. The average Bonchev–Trinajstić information content (AvgIpc) is 3.23. The molecule has 0 aromatic carbocycles. The second-order valence-corrected chi connectivity index (χ2v) is 7.15. The number of hydrogen-bond acceptors (Lipinski definition) is 5. The summed E-state index contributed by atoms with van der Waals surface area (Å²) in [5, 5.41) is 7.17. The SMILES string of the molecule is CC(CCN1CCOCC1)NC(=O)c1ccc(Cn2cc(Br)cn2)o1. The fourth-order valence-electron chi connectivity index (χ4n) is 2.74. The van der Waals surface area contributed by atoms with Crippen molar-refractivity contribution in [3.05, 3.63) is 40.5 Å². The van der Waals surface area contributed by atoms with Gasteiger partial charge in [-0.05, 0) is 41.4 Å². The molecule has 8 heteroatoms. The number of carbonyl (C=O) groups is 1. The van der Waals surface area contributed by atoms with Gasteiger partial charge >= 0.3 is 0 Å². The zero-order chi connectivity index (χ0) is 17.6. The Balaban J connectivity index is 1.45. The molecule has 7 nitrogen and oxygen atoms in total. The van der Waals surface area contributed by atoms with Gasteiger partial charge in [-0.25, -0.2) is 0 Å². The van der Waals surface area contributed by atoms with Crippen molar-refractivity contribution in [3.63, 3.8) is 0 Å². The van der Waals surface area contributed by atoms with E-state index in [1.807, 2.05) is 19.2 Å². The summed E-state index contributed by atoms with van der Waals surface area (Å²) in [4.78, 5) is 14.7. The minimum absolute atomic E-state index is 0.0889. The third-order valence-electron chi connectivity index (χ3n) is 4.16. The summed E-state index contributed by atoms with van der Waals surface area (Å²) in [5.41, 5.74) is 0. The van der Waals surface area contributed by atoms with Crippen molar-refractivity contribution in [1.29, 1.82) is 0 Å². The fraction of sp³-hybridized carbons (Fsp3) is 0.529. The Morgan fingerprint density at radius 1 is 1.40 bits per heavy atom. The molecule has 0 aliphatic carbocycles. The van der Waals surface area contributed by atoms with Crippen LogP contribution in [0.5, 0.6) is 0 Å². The lowest BCUT2D eigenvalue weighted by Gasteiger charge is -2.27. The van der Waals surface area contributed by atoms with E-state index in [9.17, 15) is 4.79 Å². The van der Waals surface area contributed by atoms with Crippen molar-refractivity contribution in [1.82, 2.24) is 20.0 Å². The van der Waals surface area contributed by atoms with Gasteiger partial charge in [0.2, 0.25) is 0 Å². The maximum absolute atomic E-state index is 12.3. The number of carbonyl (C=O) groups excluding carboxylic acids is 1. The summed E-state index contributed by atoms with van der Waals surface area (Å²) >= 11 is 3.36. The molecule has 1 saturated heterocycles. The van der Waals surface area contributed by atoms with E-state index in [0.717, 1.165) is 43.7 Å². The monoisotopic (exact) mass is 410 g/mol. The molecular weight excluding hydrogens is 388 g/mol. The van der Waals surface area contributed by atoms with Crippen molar-refractivity contribution >= 4 is 21.8 Å². The molecule has 3 rings (SSSR count). The van der Waals surface area contributed by atoms with Crippen molar-refractivity contribution in [3.8, 4) is 0 Å². The Morgan fingerprint density at radius 2 is 2.20 bits per heavy atom. The number of nitrogens with zero attached hydrogens (tertiary/aromatic N) is 3. The van der Waals surface area contributed by atoms with Crippen molar-refractivity contribution in [2.75, 3.05) is 32.8 Å². The molecule has 0 saturated carbocycles. The Bertz CT molecular complexity index is 694. The van der Waals surface area contributed by atoms with Crippen LogP contribution in [-0.2, 0) is 11.3 Å². The Kier molecular flexibility index (Phi) is 6.28. The van der Waals surface area contributed by atoms with Crippen LogP contribution in [0.4, 0.5) is 0 Å². The first-order valence-electron chi connectivity index (χ1n) is 8.48. The minimum atomic E-state index is -0.178. The van der Waals surface area contributed by atoms with Gasteiger partial charge in [-0.1, -0.05) is 0 Å². The van der Waals surface area contributed by atoms with Crippen molar-refractivity contribution < 1.29 is 13.9 Å². The molecule has 2 aromatic rings. The maximum atomic E-state index is 12.3. The number of furan rings is 1. The molecule has 1 aliphatic rings. The molecule has 25 heavy (non-hydrogen) atoms. The number of hydrogen-bond donors (Lipinski definition) is 1. The topological polar surface area (TPSA) is 72.5 Å². The first-order chi connectivity index (χ1) is 12.1. The van der Waals surface area contributed by atoms with Gasteiger partial charge in [0.25, 0.3) is 5.91 Å². The lowest BCUT2D eigenvalue weighted by atomic mass is 10.2. The van der Waals surface area contributed by atoms with Crippen LogP contribution in [0.15, 0.2) is 33.4 Å². The predicted octanol–water partition coefficient (Wildman–Crippen LogP) is 2.13. The largest absolute Gasteiger partial charge is 0.454 e. The summed E-state index contributed by atoms with van der Waals surface area (Å²) in [6, 6.07) is 3.60. The summed E-state index contributed by atoms with van der Waals surface area (Å²) in [5.74, 6) is 0.850. The number of halogens is 1. The number of morpholine rings is 1. The van der Waals surface area contributed by atoms with Gasteiger partial charge in [0, 0.05) is 31.9 Å². The van der Waals surface area contributed by atoms with Crippen LogP contribution in [0.3, 0.4) is 0 Å². The Labute approximate surface area is 155 Å². The van der Waals surface area contributed by atoms with Gasteiger partial charge in [-0.3, -0.25) is 14.4 Å². The van der Waals surface area contributed by atoms with E-state index >= 15 is 0 Å². The molecule has 1 unspecified atom stereocenters. The second kappa shape index (κ2) is 8.64. The molecule has 1 amide bonds. The van der Waals surface area contributed by atoms with E-state index in [0.29, 0.717) is 18.1 Å². The molecule has 0 bridgehead atoms. The zero-order valence-electron chi connectivity index (χ0n) is 14.3. The quantitative estimate of drug-likeness (QED) is 0.756. The van der Waals surface area contributed by atoms with Gasteiger partial charge in [0.05, 0.1) is 30.4 Å². The van der Waals surface area contributed by atoms with Crippen LogP contribution in [0.2, 0.25) is 0 Å². The van der Waals surface area contributed by atoms with Crippen molar-refractivity contribution in [2.45, 2.75) is 25.9 Å². The average molecular weight is 411 g/mol. The summed E-state index contributed by atoms with van der Waals surface area (Å²) in [6.07, 6.45) is 4.48. The molecule has 136 valence electrons. The first kappa shape index (κ1) is 18.2. The van der Waals surface area contributed by atoms with E-state index in [-0.39, 0.29) is 11.9 Å². The molecule has 3 heterocycles. The van der Waals surface area contributed by atoms with E-state index < -0.39 is 0 Å². The molecule has 2 aromatic heterocycles. The molecule has 0 spiro atoms. The van der Waals surface area contributed by atoms with Crippen LogP contribution in [0.1, 0.15) is 29.7 Å². The summed E-state index contributed by atoms with van der Waals surface area (Å²) in [6.45, 7) is 6.99. The van der Waals surface area contributed by atoms with Crippen molar-refractivity contribution in [2.24, 2.45) is 0 Å².